The van der Waals surface area contributed by atoms with Crippen LogP contribution in [0.25, 0.3) is 11.3 Å². The van der Waals surface area contributed by atoms with E-state index in [0.717, 1.165) is 12.8 Å². The maximum atomic E-state index is 13.7. The number of rotatable bonds is 7. The standard InChI is InChI=1S/C17H17FN2O4/c18-13-4-2-1-3-12(13)14-9-19-15(24-14)7-8-16(21)20(10-17(22)23)11-5-6-11/h1-4,9,11H,5-8,10H2,(H,22,23). The van der Waals surface area contributed by atoms with E-state index in [-0.39, 0.29) is 31.3 Å². The molecule has 0 saturated heterocycles. The quantitative estimate of drug-likeness (QED) is 0.842. The smallest absolute Gasteiger partial charge is 0.323 e. The van der Waals surface area contributed by atoms with Crippen molar-refractivity contribution in [2.24, 2.45) is 0 Å². The van der Waals surface area contributed by atoms with E-state index in [0.29, 0.717) is 17.2 Å². The molecule has 1 saturated carbocycles. The molecule has 126 valence electrons. The van der Waals surface area contributed by atoms with E-state index in [2.05, 4.69) is 4.98 Å². The van der Waals surface area contributed by atoms with Crippen LogP contribution in [0.15, 0.2) is 34.9 Å². The third-order valence-corrected chi connectivity index (χ3v) is 3.86. The normalized spacial score (nSPS) is 13.7. The molecule has 1 aliphatic carbocycles. The summed E-state index contributed by atoms with van der Waals surface area (Å²) in [6, 6.07) is 6.24. The van der Waals surface area contributed by atoms with Crippen molar-refractivity contribution in [3.63, 3.8) is 0 Å². The third kappa shape index (κ3) is 3.79. The lowest BCUT2D eigenvalue weighted by molar-refractivity contribution is -0.144. The molecule has 24 heavy (non-hydrogen) atoms. The molecule has 1 N–H and O–H groups in total. The van der Waals surface area contributed by atoms with Crippen LogP contribution >= 0.6 is 0 Å². The molecule has 1 fully saturated rings. The second-order valence-corrected chi connectivity index (χ2v) is 5.74. The zero-order valence-electron chi connectivity index (χ0n) is 12.9. The van der Waals surface area contributed by atoms with Crippen molar-refractivity contribution < 1.29 is 23.5 Å². The van der Waals surface area contributed by atoms with Gasteiger partial charge in [0.1, 0.15) is 12.4 Å². The first-order valence-electron chi connectivity index (χ1n) is 7.75. The largest absolute Gasteiger partial charge is 0.480 e. The molecule has 0 bridgehead atoms. The number of aryl methyl sites for hydroxylation is 1. The Balaban J connectivity index is 1.62. The summed E-state index contributed by atoms with van der Waals surface area (Å²) in [5.41, 5.74) is 0.313. The van der Waals surface area contributed by atoms with Gasteiger partial charge in [-0.05, 0) is 25.0 Å². The first kappa shape index (κ1) is 16.2. The van der Waals surface area contributed by atoms with E-state index in [1.807, 2.05) is 0 Å². The Kier molecular flexibility index (Phi) is 4.59. The topological polar surface area (TPSA) is 83.6 Å². The number of hydrogen-bond acceptors (Lipinski definition) is 4. The van der Waals surface area contributed by atoms with Crippen LogP contribution < -0.4 is 0 Å². The van der Waals surface area contributed by atoms with Gasteiger partial charge in [-0.1, -0.05) is 12.1 Å². The van der Waals surface area contributed by atoms with Gasteiger partial charge in [0.25, 0.3) is 0 Å². The molecule has 1 amide bonds. The van der Waals surface area contributed by atoms with Crippen LogP contribution in [-0.2, 0) is 16.0 Å². The summed E-state index contributed by atoms with van der Waals surface area (Å²) in [7, 11) is 0. The lowest BCUT2D eigenvalue weighted by Crippen LogP contribution is -2.37. The van der Waals surface area contributed by atoms with E-state index >= 15 is 0 Å². The van der Waals surface area contributed by atoms with Crippen LogP contribution in [0.1, 0.15) is 25.2 Å². The number of hydrogen-bond donors (Lipinski definition) is 1. The molecular formula is C17H17FN2O4. The number of carboxylic acid groups (broad SMARTS) is 1. The van der Waals surface area contributed by atoms with E-state index < -0.39 is 11.8 Å². The maximum Gasteiger partial charge on any atom is 0.323 e. The molecule has 1 aromatic carbocycles. The van der Waals surface area contributed by atoms with Crippen molar-refractivity contribution >= 4 is 11.9 Å². The highest BCUT2D eigenvalue weighted by Gasteiger charge is 2.33. The molecule has 0 atom stereocenters. The second kappa shape index (κ2) is 6.82. The fourth-order valence-electron chi connectivity index (χ4n) is 2.52. The van der Waals surface area contributed by atoms with Gasteiger partial charge in [0.15, 0.2) is 11.7 Å². The predicted octanol–water partition coefficient (Wildman–Crippen LogP) is 2.49. The average Bonchev–Trinajstić information content (AvgIpc) is 3.29. The Morgan fingerprint density at radius 3 is 2.75 bits per heavy atom. The number of carbonyl (C=O) groups is 2. The molecule has 1 aliphatic rings. The molecule has 3 rings (SSSR count). The van der Waals surface area contributed by atoms with Crippen molar-refractivity contribution in [3.05, 3.63) is 42.2 Å². The number of benzene rings is 1. The first-order chi connectivity index (χ1) is 11.5. The summed E-state index contributed by atoms with van der Waals surface area (Å²) in [6.45, 7) is -0.282. The number of halogens is 1. The van der Waals surface area contributed by atoms with Gasteiger partial charge in [0.05, 0.1) is 11.8 Å². The molecule has 0 unspecified atom stereocenters. The van der Waals surface area contributed by atoms with Crippen molar-refractivity contribution in [1.29, 1.82) is 0 Å². The number of carboxylic acids is 1. The van der Waals surface area contributed by atoms with Crippen LogP contribution in [0, 0.1) is 5.82 Å². The highest BCUT2D eigenvalue weighted by molar-refractivity contribution is 5.82. The predicted molar refractivity (Wildman–Crippen MR) is 82.6 cm³/mol. The molecule has 7 heteroatoms. The summed E-state index contributed by atoms with van der Waals surface area (Å²) in [5.74, 6) is -1.02. The number of oxazole rings is 1. The molecule has 0 spiro atoms. The minimum atomic E-state index is -1.02. The lowest BCUT2D eigenvalue weighted by Gasteiger charge is -2.19. The second-order valence-electron chi connectivity index (χ2n) is 5.74. The summed E-state index contributed by atoms with van der Waals surface area (Å²) in [5, 5.41) is 8.89. The van der Waals surface area contributed by atoms with Crippen LogP contribution in [0.2, 0.25) is 0 Å². The van der Waals surface area contributed by atoms with Crippen LogP contribution in [0.4, 0.5) is 4.39 Å². The van der Waals surface area contributed by atoms with Crippen molar-refractivity contribution in [2.75, 3.05) is 6.54 Å². The van der Waals surface area contributed by atoms with Crippen molar-refractivity contribution in [3.8, 4) is 11.3 Å². The van der Waals surface area contributed by atoms with Gasteiger partial charge >= 0.3 is 5.97 Å². The minimum absolute atomic E-state index is 0.0344. The highest BCUT2D eigenvalue weighted by Crippen LogP contribution is 2.28. The van der Waals surface area contributed by atoms with Crippen LogP contribution in [0.5, 0.6) is 0 Å². The SMILES string of the molecule is O=C(O)CN(C(=O)CCc1ncc(-c2ccccc2F)o1)C1CC1. The van der Waals surface area contributed by atoms with E-state index in [4.69, 9.17) is 9.52 Å². The summed E-state index contributed by atoms with van der Waals surface area (Å²) in [4.78, 5) is 28.5. The zero-order chi connectivity index (χ0) is 17.1. The maximum absolute atomic E-state index is 13.7. The van der Waals surface area contributed by atoms with Gasteiger partial charge in [-0.3, -0.25) is 9.59 Å². The van der Waals surface area contributed by atoms with Gasteiger partial charge in [-0.15, -0.1) is 0 Å². The molecule has 6 nitrogen and oxygen atoms in total. The zero-order valence-corrected chi connectivity index (χ0v) is 12.9. The molecular weight excluding hydrogens is 315 g/mol. The molecule has 0 radical (unpaired) electrons. The Hall–Kier alpha value is -2.70. The highest BCUT2D eigenvalue weighted by atomic mass is 19.1. The van der Waals surface area contributed by atoms with Gasteiger partial charge < -0.3 is 14.4 Å². The Morgan fingerprint density at radius 1 is 1.33 bits per heavy atom. The number of aliphatic carboxylic acids is 1. The van der Waals surface area contributed by atoms with E-state index in [1.165, 1.54) is 17.2 Å². The molecule has 1 heterocycles. The number of nitrogens with zero attached hydrogens (tertiary/aromatic N) is 2. The third-order valence-electron chi connectivity index (χ3n) is 3.86. The van der Waals surface area contributed by atoms with Crippen LogP contribution in [0.3, 0.4) is 0 Å². The Bertz CT molecular complexity index is 755. The van der Waals surface area contributed by atoms with Crippen molar-refractivity contribution in [1.82, 2.24) is 9.88 Å². The monoisotopic (exact) mass is 332 g/mol. The fraction of sp³-hybridized carbons (Fsp3) is 0.353. The van der Waals surface area contributed by atoms with Gasteiger partial charge in [0.2, 0.25) is 5.91 Å². The molecule has 1 aromatic heterocycles. The van der Waals surface area contributed by atoms with Gasteiger partial charge in [0, 0.05) is 18.9 Å². The van der Waals surface area contributed by atoms with Crippen LogP contribution in [-0.4, -0.2) is 39.5 Å². The number of aromatic nitrogens is 1. The summed E-state index contributed by atoms with van der Waals surface area (Å²) in [6.07, 6.45) is 3.47. The van der Waals surface area contributed by atoms with E-state index in [1.54, 1.807) is 18.2 Å². The van der Waals surface area contributed by atoms with Gasteiger partial charge in [-0.25, -0.2) is 9.37 Å². The lowest BCUT2D eigenvalue weighted by atomic mass is 10.2. The minimum Gasteiger partial charge on any atom is -0.480 e. The van der Waals surface area contributed by atoms with Crippen molar-refractivity contribution in [2.45, 2.75) is 31.7 Å². The summed E-state index contributed by atoms with van der Waals surface area (Å²) >= 11 is 0. The average molecular weight is 332 g/mol. The first-order valence-corrected chi connectivity index (χ1v) is 7.75. The number of carbonyl (C=O) groups excluding carboxylic acids is 1. The Labute approximate surface area is 137 Å². The van der Waals surface area contributed by atoms with E-state index in [9.17, 15) is 14.0 Å². The summed E-state index contributed by atoms with van der Waals surface area (Å²) < 4.78 is 19.2. The number of amides is 1. The van der Waals surface area contributed by atoms with Gasteiger partial charge in [-0.2, -0.15) is 0 Å². The Morgan fingerprint density at radius 2 is 2.08 bits per heavy atom. The molecule has 0 aliphatic heterocycles. The molecule has 2 aromatic rings. The fourth-order valence-corrected chi connectivity index (χ4v) is 2.52.